The van der Waals surface area contributed by atoms with Gasteiger partial charge in [-0.3, -0.25) is 4.79 Å². The van der Waals surface area contributed by atoms with E-state index < -0.39 is 6.10 Å². The van der Waals surface area contributed by atoms with E-state index in [9.17, 15) is 4.79 Å². The Morgan fingerprint density at radius 1 is 0.966 bits per heavy atom. The standard InChI is InChI=1S/C24H31N3O2/c1-18(29-23-12-7-19-5-3-4-6-20(19)17-23)24(28)25-21-8-10-22(11-9-21)27-15-13-26(2)14-16-27/h7-12,17-18H,3-6,13-16H2,1-2H3,(H,25,28). The highest BCUT2D eigenvalue weighted by molar-refractivity contribution is 5.94. The van der Waals surface area contributed by atoms with E-state index in [-0.39, 0.29) is 5.91 Å². The molecule has 2 aromatic carbocycles. The Morgan fingerprint density at radius 2 is 1.66 bits per heavy atom. The zero-order valence-electron chi connectivity index (χ0n) is 17.5. The number of rotatable bonds is 5. The Balaban J connectivity index is 1.32. The average Bonchev–Trinajstić information content (AvgIpc) is 2.75. The molecule has 1 heterocycles. The molecular weight excluding hydrogens is 362 g/mol. The van der Waals surface area contributed by atoms with Crippen molar-refractivity contribution < 1.29 is 9.53 Å². The van der Waals surface area contributed by atoms with Gasteiger partial charge in [-0.05, 0) is 87.2 Å². The van der Waals surface area contributed by atoms with Gasteiger partial charge in [0.05, 0.1) is 0 Å². The molecule has 29 heavy (non-hydrogen) atoms. The van der Waals surface area contributed by atoms with Gasteiger partial charge in [0.15, 0.2) is 6.10 Å². The predicted octanol–water partition coefficient (Wildman–Crippen LogP) is 3.72. The van der Waals surface area contributed by atoms with Gasteiger partial charge in [0.1, 0.15) is 5.75 Å². The van der Waals surface area contributed by atoms with Crippen molar-refractivity contribution in [3.05, 3.63) is 53.6 Å². The highest BCUT2D eigenvalue weighted by Crippen LogP contribution is 2.26. The number of hydrogen-bond acceptors (Lipinski definition) is 4. The molecule has 5 heteroatoms. The molecule has 1 N–H and O–H groups in total. The van der Waals surface area contributed by atoms with Crippen LogP contribution >= 0.6 is 0 Å². The van der Waals surface area contributed by atoms with Gasteiger partial charge in [-0.15, -0.1) is 0 Å². The average molecular weight is 394 g/mol. The molecule has 4 rings (SSSR count). The van der Waals surface area contributed by atoms with Crippen molar-refractivity contribution in [3.8, 4) is 5.75 Å². The molecule has 0 aromatic heterocycles. The zero-order valence-corrected chi connectivity index (χ0v) is 17.5. The number of nitrogens with zero attached hydrogens (tertiary/aromatic N) is 2. The molecule has 2 aromatic rings. The van der Waals surface area contributed by atoms with Crippen molar-refractivity contribution in [3.63, 3.8) is 0 Å². The quantitative estimate of drug-likeness (QED) is 0.841. The Bertz CT molecular complexity index is 842. The minimum absolute atomic E-state index is 0.130. The molecule has 5 nitrogen and oxygen atoms in total. The summed E-state index contributed by atoms with van der Waals surface area (Å²) in [5.74, 6) is 0.647. The molecule has 1 aliphatic carbocycles. The van der Waals surface area contributed by atoms with Crippen LogP contribution in [-0.4, -0.2) is 50.1 Å². The van der Waals surface area contributed by atoms with Crippen LogP contribution in [0.3, 0.4) is 0 Å². The molecule has 1 amide bonds. The fourth-order valence-corrected chi connectivity index (χ4v) is 4.10. The fourth-order valence-electron chi connectivity index (χ4n) is 4.10. The topological polar surface area (TPSA) is 44.8 Å². The minimum atomic E-state index is -0.547. The number of amides is 1. The molecule has 0 bridgehead atoms. The SMILES string of the molecule is CC(Oc1ccc2c(c1)CCCC2)C(=O)Nc1ccc(N2CCN(C)CC2)cc1. The number of carbonyl (C=O) groups is 1. The van der Waals surface area contributed by atoms with E-state index in [0.717, 1.165) is 50.5 Å². The molecule has 1 saturated heterocycles. The summed E-state index contributed by atoms with van der Waals surface area (Å²) in [5, 5.41) is 2.97. The normalized spacial score (nSPS) is 18.1. The van der Waals surface area contributed by atoms with E-state index in [2.05, 4.69) is 46.4 Å². The van der Waals surface area contributed by atoms with Gasteiger partial charge in [-0.2, -0.15) is 0 Å². The van der Waals surface area contributed by atoms with E-state index in [4.69, 9.17) is 4.74 Å². The lowest BCUT2D eigenvalue weighted by Crippen LogP contribution is -2.44. The van der Waals surface area contributed by atoms with Gasteiger partial charge < -0.3 is 19.9 Å². The number of hydrogen-bond donors (Lipinski definition) is 1. The summed E-state index contributed by atoms with van der Waals surface area (Å²) in [7, 11) is 2.16. The lowest BCUT2D eigenvalue weighted by molar-refractivity contribution is -0.122. The second-order valence-corrected chi connectivity index (χ2v) is 8.22. The number of anilines is 2. The van der Waals surface area contributed by atoms with Gasteiger partial charge in [-0.25, -0.2) is 0 Å². The Hall–Kier alpha value is -2.53. The minimum Gasteiger partial charge on any atom is -0.481 e. The first kappa shape index (κ1) is 19.8. The molecule has 0 radical (unpaired) electrons. The molecule has 1 atom stereocenters. The zero-order chi connectivity index (χ0) is 20.2. The van der Waals surface area contributed by atoms with Gasteiger partial charge in [0, 0.05) is 37.6 Å². The number of nitrogens with one attached hydrogen (secondary N) is 1. The van der Waals surface area contributed by atoms with Crippen molar-refractivity contribution in [2.75, 3.05) is 43.4 Å². The van der Waals surface area contributed by atoms with Crippen LogP contribution in [0.4, 0.5) is 11.4 Å². The molecule has 0 spiro atoms. The van der Waals surface area contributed by atoms with Crippen LogP contribution in [0.1, 0.15) is 30.9 Å². The Labute approximate surface area is 173 Å². The van der Waals surface area contributed by atoms with E-state index in [1.165, 1.54) is 29.7 Å². The third-order valence-electron chi connectivity index (χ3n) is 6.01. The first-order valence-corrected chi connectivity index (χ1v) is 10.7. The summed E-state index contributed by atoms with van der Waals surface area (Å²) in [6, 6.07) is 14.3. The maximum absolute atomic E-state index is 12.6. The highest BCUT2D eigenvalue weighted by atomic mass is 16.5. The van der Waals surface area contributed by atoms with Crippen LogP contribution in [0.15, 0.2) is 42.5 Å². The number of likely N-dealkylation sites (N-methyl/N-ethyl adjacent to an activating group) is 1. The fraction of sp³-hybridized carbons (Fsp3) is 0.458. The number of piperazine rings is 1. The van der Waals surface area contributed by atoms with Crippen LogP contribution < -0.4 is 15.0 Å². The number of fused-ring (bicyclic) bond motifs is 1. The first-order chi connectivity index (χ1) is 14.1. The van der Waals surface area contributed by atoms with Crippen molar-refractivity contribution in [2.45, 2.75) is 38.7 Å². The maximum Gasteiger partial charge on any atom is 0.265 e. The lowest BCUT2D eigenvalue weighted by atomic mass is 9.92. The molecule has 1 unspecified atom stereocenters. The summed E-state index contributed by atoms with van der Waals surface area (Å²) in [6.07, 6.45) is 4.20. The largest absolute Gasteiger partial charge is 0.481 e. The summed E-state index contributed by atoms with van der Waals surface area (Å²) in [5.41, 5.74) is 4.78. The van der Waals surface area contributed by atoms with Crippen LogP contribution in [0.2, 0.25) is 0 Å². The summed E-state index contributed by atoms with van der Waals surface area (Å²) < 4.78 is 5.92. The van der Waals surface area contributed by atoms with Crippen LogP contribution in [-0.2, 0) is 17.6 Å². The highest BCUT2D eigenvalue weighted by Gasteiger charge is 2.18. The van der Waals surface area contributed by atoms with E-state index in [0.29, 0.717) is 0 Å². The lowest BCUT2D eigenvalue weighted by Gasteiger charge is -2.34. The monoisotopic (exact) mass is 393 g/mol. The van der Waals surface area contributed by atoms with E-state index >= 15 is 0 Å². The van der Waals surface area contributed by atoms with Crippen LogP contribution in [0, 0.1) is 0 Å². The van der Waals surface area contributed by atoms with Crippen LogP contribution in [0.25, 0.3) is 0 Å². The molecule has 1 fully saturated rings. The summed E-state index contributed by atoms with van der Waals surface area (Å²) in [4.78, 5) is 17.3. The number of benzene rings is 2. The van der Waals surface area contributed by atoms with Crippen molar-refractivity contribution >= 4 is 17.3 Å². The maximum atomic E-state index is 12.6. The third kappa shape index (κ3) is 4.91. The van der Waals surface area contributed by atoms with Crippen molar-refractivity contribution in [1.82, 2.24) is 4.90 Å². The van der Waals surface area contributed by atoms with E-state index in [1.807, 2.05) is 18.2 Å². The van der Waals surface area contributed by atoms with Gasteiger partial charge in [-0.1, -0.05) is 6.07 Å². The second-order valence-electron chi connectivity index (χ2n) is 8.22. The van der Waals surface area contributed by atoms with Gasteiger partial charge in [0.2, 0.25) is 0 Å². The van der Waals surface area contributed by atoms with Gasteiger partial charge in [0.25, 0.3) is 5.91 Å². The second kappa shape index (κ2) is 8.87. The van der Waals surface area contributed by atoms with E-state index in [1.54, 1.807) is 6.92 Å². The third-order valence-corrected chi connectivity index (χ3v) is 6.01. The smallest absolute Gasteiger partial charge is 0.265 e. The molecule has 1 aliphatic heterocycles. The number of aryl methyl sites for hydroxylation is 2. The van der Waals surface area contributed by atoms with Crippen LogP contribution in [0.5, 0.6) is 5.75 Å². The molecule has 154 valence electrons. The first-order valence-electron chi connectivity index (χ1n) is 10.7. The predicted molar refractivity (Wildman–Crippen MR) is 118 cm³/mol. The molecule has 2 aliphatic rings. The Morgan fingerprint density at radius 3 is 2.38 bits per heavy atom. The molecule has 0 saturated carbocycles. The van der Waals surface area contributed by atoms with Crippen molar-refractivity contribution in [1.29, 1.82) is 0 Å². The summed E-state index contributed by atoms with van der Waals surface area (Å²) >= 11 is 0. The molecular formula is C24H31N3O2. The Kier molecular flexibility index (Phi) is 6.05. The number of ether oxygens (including phenoxy) is 1. The summed E-state index contributed by atoms with van der Waals surface area (Å²) in [6.45, 7) is 6.03. The number of carbonyl (C=O) groups excluding carboxylic acids is 1. The van der Waals surface area contributed by atoms with Crippen molar-refractivity contribution in [2.24, 2.45) is 0 Å². The van der Waals surface area contributed by atoms with Gasteiger partial charge >= 0.3 is 0 Å².